The summed E-state index contributed by atoms with van der Waals surface area (Å²) in [5, 5.41) is 3.69. The van der Waals surface area contributed by atoms with E-state index in [4.69, 9.17) is 5.73 Å². The molecule has 0 aliphatic heterocycles. The minimum atomic E-state index is -0.661. The van der Waals surface area contributed by atoms with Crippen LogP contribution in [-0.4, -0.2) is 16.8 Å². The Bertz CT molecular complexity index is 379. The molecule has 0 bridgehead atoms. The lowest BCUT2D eigenvalue weighted by atomic mass is 10.3. The van der Waals surface area contributed by atoms with Gasteiger partial charge < -0.3 is 10.3 Å². The lowest BCUT2D eigenvalue weighted by Gasteiger charge is -2.08. The third-order valence-corrected chi connectivity index (χ3v) is 2.02. The SMILES string of the molecule is Cc1cc(/C=N\NC(N)=O)cn1C(C)C. The van der Waals surface area contributed by atoms with Gasteiger partial charge in [0.2, 0.25) is 0 Å². The highest BCUT2D eigenvalue weighted by molar-refractivity contribution is 5.81. The molecule has 0 aromatic carbocycles. The molecule has 15 heavy (non-hydrogen) atoms. The average Bonchev–Trinajstić information content (AvgIpc) is 2.46. The van der Waals surface area contributed by atoms with Crippen molar-refractivity contribution in [2.45, 2.75) is 26.8 Å². The zero-order valence-electron chi connectivity index (χ0n) is 9.19. The quantitative estimate of drug-likeness (QED) is 0.571. The van der Waals surface area contributed by atoms with Gasteiger partial charge in [-0.2, -0.15) is 5.10 Å². The van der Waals surface area contributed by atoms with Gasteiger partial charge in [-0.1, -0.05) is 0 Å². The molecule has 0 fully saturated rings. The van der Waals surface area contributed by atoms with Crippen LogP contribution in [0.15, 0.2) is 17.4 Å². The van der Waals surface area contributed by atoms with Crippen LogP contribution in [0.4, 0.5) is 4.79 Å². The number of aryl methyl sites for hydroxylation is 1. The lowest BCUT2D eigenvalue weighted by Crippen LogP contribution is -2.24. The average molecular weight is 208 g/mol. The predicted molar refractivity (Wildman–Crippen MR) is 59.9 cm³/mol. The molecule has 0 aliphatic rings. The third kappa shape index (κ3) is 3.12. The van der Waals surface area contributed by atoms with Crippen molar-refractivity contribution < 1.29 is 4.79 Å². The van der Waals surface area contributed by atoms with Gasteiger partial charge in [0.1, 0.15) is 0 Å². The molecule has 3 N–H and O–H groups in total. The van der Waals surface area contributed by atoms with Crippen LogP contribution in [0.1, 0.15) is 31.1 Å². The molecule has 1 aromatic rings. The maximum absolute atomic E-state index is 10.4. The summed E-state index contributed by atoms with van der Waals surface area (Å²) < 4.78 is 2.13. The fourth-order valence-corrected chi connectivity index (χ4v) is 1.41. The second kappa shape index (κ2) is 4.63. The molecule has 0 atom stereocenters. The van der Waals surface area contributed by atoms with Crippen LogP contribution in [0.2, 0.25) is 0 Å². The van der Waals surface area contributed by atoms with Gasteiger partial charge in [0.05, 0.1) is 6.21 Å². The van der Waals surface area contributed by atoms with Gasteiger partial charge in [-0.3, -0.25) is 0 Å². The highest BCUT2D eigenvalue weighted by Gasteiger charge is 2.02. The zero-order valence-corrected chi connectivity index (χ0v) is 9.19. The lowest BCUT2D eigenvalue weighted by molar-refractivity contribution is 0.249. The molecule has 0 saturated carbocycles. The minimum Gasteiger partial charge on any atom is -0.350 e. The molecule has 1 heterocycles. The standard InChI is InChI=1S/C10H16N4O/c1-7(2)14-6-9(4-8(14)3)5-12-13-10(11)15/h4-7H,1-3H3,(H3,11,13,15)/b12-5-. The fourth-order valence-electron chi connectivity index (χ4n) is 1.41. The first-order valence-electron chi connectivity index (χ1n) is 4.77. The number of hydrazone groups is 1. The molecule has 0 unspecified atom stereocenters. The molecule has 5 nitrogen and oxygen atoms in total. The van der Waals surface area contributed by atoms with Crippen LogP contribution in [0.3, 0.4) is 0 Å². The van der Waals surface area contributed by atoms with Gasteiger partial charge in [-0.25, -0.2) is 10.2 Å². The highest BCUT2D eigenvalue weighted by Crippen LogP contribution is 2.12. The molecule has 1 rings (SSSR count). The number of carbonyl (C=O) groups excluding carboxylic acids is 1. The van der Waals surface area contributed by atoms with E-state index in [9.17, 15) is 4.79 Å². The van der Waals surface area contributed by atoms with Gasteiger partial charge in [-0.05, 0) is 26.8 Å². The number of nitrogens with zero attached hydrogens (tertiary/aromatic N) is 2. The summed E-state index contributed by atoms with van der Waals surface area (Å²) in [4.78, 5) is 10.4. The van der Waals surface area contributed by atoms with E-state index in [-0.39, 0.29) is 0 Å². The molecule has 0 radical (unpaired) electrons. The van der Waals surface area contributed by atoms with Gasteiger partial charge in [0, 0.05) is 23.5 Å². The Morgan fingerprint density at radius 2 is 2.33 bits per heavy atom. The number of primary amides is 1. The van der Waals surface area contributed by atoms with E-state index in [1.54, 1.807) is 6.21 Å². The molecule has 0 spiro atoms. The first-order chi connectivity index (χ1) is 7.00. The Morgan fingerprint density at radius 3 is 2.80 bits per heavy atom. The van der Waals surface area contributed by atoms with E-state index in [0.717, 1.165) is 11.3 Å². The van der Waals surface area contributed by atoms with Gasteiger partial charge in [-0.15, -0.1) is 0 Å². The Kier molecular flexibility index (Phi) is 3.49. The Morgan fingerprint density at radius 1 is 1.67 bits per heavy atom. The summed E-state index contributed by atoms with van der Waals surface area (Å²) in [6.45, 7) is 6.24. The van der Waals surface area contributed by atoms with Crippen LogP contribution in [0.5, 0.6) is 0 Å². The van der Waals surface area contributed by atoms with Crippen molar-refractivity contribution in [3.63, 3.8) is 0 Å². The Balaban J connectivity index is 2.75. The third-order valence-electron chi connectivity index (χ3n) is 2.02. The molecule has 0 saturated heterocycles. The van der Waals surface area contributed by atoms with Crippen LogP contribution in [-0.2, 0) is 0 Å². The van der Waals surface area contributed by atoms with Crippen molar-refractivity contribution in [3.05, 3.63) is 23.5 Å². The van der Waals surface area contributed by atoms with E-state index >= 15 is 0 Å². The van der Waals surface area contributed by atoms with Crippen molar-refractivity contribution in [2.24, 2.45) is 10.8 Å². The topological polar surface area (TPSA) is 72.4 Å². The van der Waals surface area contributed by atoms with E-state index in [0.29, 0.717) is 6.04 Å². The molecule has 1 aromatic heterocycles. The number of rotatable bonds is 3. The summed E-state index contributed by atoms with van der Waals surface area (Å²) >= 11 is 0. The molecular formula is C10H16N4O. The van der Waals surface area contributed by atoms with E-state index in [2.05, 4.69) is 28.9 Å². The summed E-state index contributed by atoms with van der Waals surface area (Å²) in [6, 6.07) is 1.74. The summed E-state index contributed by atoms with van der Waals surface area (Å²) in [5.41, 5.74) is 9.12. The van der Waals surface area contributed by atoms with Crippen LogP contribution >= 0.6 is 0 Å². The monoisotopic (exact) mass is 208 g/mol. The smallest absolute Gasteiger partial charge is 0.332 e. The van der Waals surface area contributed by atoms with Crippen LogP contribution in [0, 0.1) is 6.92 Å². The molecule has 2 amide bonds. The number of aromatic nitrogens is 1. The van der Waals surface area contributed by atoms with Crippen molar-refractivity contribution in [3.8, 4) is 0 Å². The molecule has 82 valence electrons. The zero-order chi connectivity index (χ0) is 11.4. The van der Waals surface area contributed by atoms with E-state index in [1.807, 2.05) is 19.2 Å². The van der Waals surface area contributed by atoms with Crippen molar-refractivity contribution in [1.82, 2.24) is 9.99 Å². The predicted octanol–water partition coefficient (Wildman–Crippen LogP) is 1.38. The first-order valence-corrected chi connectivity index (χ1v) is 4.77. The minimum absolute atomic E-state index is 0.413. The number of hydrogen-bond donors (Lipinski definition) is 2. The van der Waals surface area contributed by atoms with Crippen molar-refractivity contribution >= 4 is 12.2 Å². The number of hydrogen-bond acceptors (Lipinski definition) is 2. The fraction of sp³-hybridized carbons (Fsp3) is 0.400. The highest BCUT2D eigenvalue weighted by atomic mass is 16.2. The first kappa shape index (κ1) is 11.3. The second-order valence-corrected chi connectivity index (χ2v) is 3.65. The summed E-state index contributed by atoms with van der Waals surface area (Å²) in [6.07, 6.45) is 3.54. The van der Waals surface area contributed by atoms with Crippen LogP contribution < -0.4 is 11.2 Å². The molecular weight excluding hydrogens is 192 g/mol. The van der Waals surface area contributed by atoms with Crippen molar-refractivity contribution in [2.75, 3.05) is 0 Å². The summed E-state index contributed by atoms with van der Waals surface area (Å²) in [5.74, 6) is 0. The van der Waals surface area contributed by atoms with E-state index < -0.39 is 6.03 Å². The number of nitrogens with two attached hydrogens (primary N) is 1. The second-order valence-electron chi connectivity index (χ2n) is 3.65. The van der Waals surface area contributed by atoms with Crippen molar-refractivity contribution in [1.29, 1.82) is 0 Å². The number of urea groups is 1. The molecule has 0 aliphatic carbocycles. The Labute approximate surface area is 89.0 Å². The number of amides is 2. The van der Waals surface area contributed by atoms with Crippen LogP contribution in [0.25, 0.3) is 0 Å². The maximum Gasteiger partial charge on any atom is 0.332 e. The number of nitrogens with one attached hydrogen (secondary N) is 1. The van der Waals surface area contributed by atoms with Gasteiger partial charge in [0.25, 0.3) is 0 Å². The normalized spacial score (nSPS) is 11.2. The number of carbonyl (C=O) groups is 1. The maximum atomic E-state index is 10.4. The van der Waals surface area contributed by atoms with Gasteiger partial charge in [0.15, 0.2) is 0 Å². The molecule has 5 heteroatoms. The summed E-state index contributed by atoms with van der Waals surface area (Å²) in [7, 11) is 0. The van der Waals surface area contributed by atoms with E-state index in [1.165, 1.54) is 0 Å². The largest absolute Gasteiger partial charge is 0.350 e. The Hall–Kier alpha value is -1.78. The van der Waals surface area contributed by atoms with Gasteiger partial charge >= 0.3 is 6.03 Å².